The summed E-state index contributed by atoms with van der Waals surface area (Å²) in [5.41, 5.74) is 0.359. The average Bonchev–Trinajstić information content (AvgIpc) is 2.19. The second-order valence-electron chi connectivity index (χ2n) is 2.73. The van der Waals surface area contributed by atoms with Gasteiger partial charge in [-0.2, -0.15) is 0 Å². The summed E-state index contributed by atoms with van der Waals surface area (Å²) in [7, 11) is 0. The number of rotatable bonds is 4. The van der Waals surface area contributed by atoms with Crippen LogP contribution in [0.2, 0.25) is 0 Å². The summed E-state index contributed by atoms with van der Waals surface area (Å²) in [4.78, 5) is 9.51. The van der Waals surface area contributed by atoms with E-state index in [1.807, 2.05) is 0 Å². The average molecular weight is 209 g/mol. The maximum Gasteiger partial charge on any atom is 0.235 e. The molecule has 0 fully saturated rings. The third-order valence-electron chi connectivity index (χ3n) is 1.71. The van der Waals surface area contributed by atoms with E-state index in [4.69, 9.17) is 4.74 Å². The van der Waals surface area contributed by atoms with E-state index in [-0.39, 0.29) is 5.75 Å². The molecule has 0 saturated carbocycles. The van der Waals surface area contributed by atoms with Crippen molar-refractivity contribution in [1.29, 1.82) is 0 Å². The fourth-order valence-corrected chi connectivity index (χ4v) is 1.09. The van der Waals surface area contributed by atoms with Crippen LogP contribution in [-0.4, -0.2) is 16.6 Å². The van der Waals surface area contributed by atoms with Crippen molar-refractivity contribution in [3.8, 4) is 11.5 Å². The second kappa shape index (κ2) is 4.99. The van der Waals surface area contributed by atoms with E-state index in [1.54, 1.807) is 25.1 Å². The topological polar surface area (TPSA) is 72.6 Å². The van der Waals surface area contributed by atoms with Crippen molar-refractivity contribution in [1.82, 2.24) is 0 Å². The van der Waals surface area contributed by atoms with Gasteiger partial charge in [0.05, 0.1) is 11.5 Å². The van der Waals surface area contributed by atoms with Crippen molar-refractivity contribution >= 4 is 6.08 Å². The first-order valence-electron chi connectivity index (χ1n) is 4.41. The van der Waals surface area contributed by atoms with Gasteiger partial charge in [0.1, 0.15) is 0 Å². The zero-order valence-electron chi connectivity index (χ0n) is 8.21. The summed E-state index contributed by atoms with van der Waals surface area (Å²) in [6.07, 6.45) is 1.99. The molecule has 15 heavy (non-hydrogen) atoms. The molecular formula is C10H11NO4. The lowest BCUT2D eigenvalue weighted by atomic mass is 10.2. The Morgan fingerprint density at radius 3 is 2.93 bits per heavy atom. The van der Waals surface area contributed by atoms with Gasteiger partial charge in [-0.05, 0) is 13.0 Å². The van der Waals surface area contributed by atoms with E-state index >= 15 is 0 Å². The van der Waals surface area contributed by atoms with Gasteiger partial charge in [0.2, 0.25) is 6.20 Å². The Morgan fingerprint density at radius 1 is 1.60 bits per heavy atom. The standard InChI is InChI=1S/C10H11NO4/c1-2-15-9-5-3-4-8(10(9)12)6-7-11(13)14/h3-7,12H,2H2,1H3/b7-6-. The summed E-state index contributed by atoms with van der Waals surface area (Å²) < 4.78 is 5.13. The van der Waals surface area contributed by atoms with E-state index in [0.717, 1.165) is 6.20 Å². The molecule has 0 radical (unpaired) electrons. The zero-order chi connectivity index (χ0) is 11.3. The summed E-state index contributed by atoms with van der Waals surface area (Å²) >= 11 is 0. The number of hydrogen-bond donors (Lipinski definition) is 1. The number of nitro groups is 1. The van der Waals surface area contributed by atoms with Gasteiger partial charge in [0, 0.05) is 11.6 Å². The Morgan fingerprint density at radius 2 is 2.33 bits per heavy atom. The minimum absolute atomic E-state index is 0.0857. The van der Waals surface area contributed by atoms with Crippen molar-refractivity contribution in [2.75, 3.05) is 6.61 Å². The van der Waals surface area contributed by atoms with E-state index in [0.29, 0.717) is 17.9 Å². The normalized spacial score (nSPS) is 10.5. The molecule has 80 valence electrons. The summed E-state index contributed by atoms with van der Waals surface area (Å²) in [5, 5.41) is 19.7. The fourth-order valence-electron chi connectivity index (χ4n) is 1.09. The fraction of sp³-hybridized carbons (Fsp3) is 0.200. The van der Waals surface area contributed by atoms with Crippen molar-refractivity contribution < 1.29 is 14.8 Å². The van der Waals surface area contributed by atoms with Crippen LogP contribution in [0.1, 0.15) is 12.5 Å². The van der Waals surface area contributed by atoms with Gasteiger partial charge in [-0.15, -0.1) is 0 Å². The summed E-state index contributed by atoms with van der Waals surface area (Å²) in [5.74, 6) is 0.237. The molecular weight excluding hydrogens is 198 g/mol. The van der Waals surface area contributed by atoms with Gasteiger partial charge in [0.15, 0.2) is 11.5 Å². The van der Waals surface area contributed by atoms with Crippen LogP contribution in [-0.2, 0) is 0 Å². The minimum atomic E-state index is -0.590. The number of ether oxygens (including phenoxy) is 1. The molecule has 0 heterocycles. The van der Waals surface area contributed by atoms with Crippen LogP contribution in [0.4, 0.5) is 0 Å². The van der Waals surface area contributed by atoms with Crippen LogP contribution in [0, 0.1) is 10.1 Å². The first-order valence-corrected chi connectivity index (χ1v) is 4.41. The Bertz CT molecular complexity index is 387. The molecule has 1 N–H and O–H groups in total. The molecule has 0 spiro atoms. The maximum absolute atomic E-state index is 10.1. The first kappa shape index (κ1) is 11.0. The number of phenols is 1. The molecule has 1 aromatic rings. The van der Waals surface area contributed by atoms with Gasteiger partial charge in [-0.3, -0.25) is 10.1 Å². The largest absolute Gasteiger partial charge is 0.504 e. The lowest BCUT2D eigenvalue weighted by Crippen LogP contribution is -1.92. The molecule has 0 atom stereocenters. The van der Waals surface area contributed by atoms with Gasteiger partial charge in [-0.25, -0.2) is 0 Å². The molecule has 0 aliphatic heterocycles. The van der Waals surface area contributed by atoms with Crippen LogP contribution >= 0.6 is 0 Å². The van der Waals surface area contributed by atoms with Crippen molar-refractivity contribution in [3.05, 3.63) is 40.1 Å². The Balaban J connectivity index is 2.98. The monoisotopic (exact) mass is 209 g/mol. The van der Waals surface area contributed by atoms with E-state index < -0.39 is 4.92 Å². The zero-order valence-corrected chi connectivity index (χ0v) is 8.21. The van der Waals surface area contributed by atoms with Gasteiger partial charge in [0.25, 0.3) is 0 Å². The van der Waals surface area contributed by atoms with E-state index in [9.17, 15) is 15.2 Å². The molecule has 5 nitrogen and oxygen atoms in total. The third-order valence-corrected chi connectivity index (χ3v) is 1.71. The molecule has 0 amide bonds. The van der Waals surface area contributed by atoms with Gasteiger partial charge < -0.3 is 9.84 Å². The van der Waals surface area contributed by atoms with Gasteiger partial charge in [-0.1, -0.05) is 12.1 Å². The predicted octanol–water partition coefficient (Wildman–Crippen LogP) is 2.04. The molecule has 5 heteroatoms. The predicted molar refractivity (Wildman–Crippen MR) is 55.3 cm³/mol. The summed E-state index contributed by atoms with van der Waals surface area (Å²) in [6.45, 7) is 2.22. The molecule has 0 aliphatic rings. The number of aromatic hydroxyl groups is 1. The highest BCUT2D eigenvalue weighted by atomic mass is 16.6. The second-order valence-corrected chi connectivity index (χ2v) is 2.73. The molecule has 0 aromatic heterocycles. The number of hydrogen-bond acceptors (Lipinski definition) is 4. The number of para-hydroxylation sites is 1. The number of benzene rings is 1. The molecule has 0 saturated heterocycles. The Labute approximate surface area is 86.8 Å². The van der Waals surface area contributed by atoms with E-state index in [1.165, 1.54) is 6.08 Å². The first-order chi connectivity index (χ1) is 7.15. The van der Waals surface area contributed by atoms with Crippen molar-refractivity contribution in [2.45, 2.75) is 6.92 Å². The number of phenolic OH excluding ortho intramolecular Hbond substituents is 1. The van der Waals surface area contributed by atoms with Crippen molar-refractivity contribution in [2.24, 2.45) is 0 Å². The van der Waals surface area contributed by atoms with E-state index in [2.05, 4.69) is 0 Å². The quantitative estimate of drug-likeness (QED) is 0.608. The third kappa shape index (κ3) is 2.98. The lowest BCUT2D eigenvalue weighted by Gasteiger charge is -2.06. The lowest BCUT2D eigenvalue weighted by molar-refractivity contribution is -0.400. The number of nitrogens with zero attached hydrogens (tertiary/aromatic N) is 1. The summed E-state index contributed by atoms with van der Waals surface area (Å²) in [6, 6.07) is 4.82. The highest BCUT2D eigenvalue weighted by molar-refractivity contribution is 5.60. The molecule has 1 rings (SSSR count). The smallest absolute Gasteiger partial charge is 0.235 e. The molecule has 0 unspecified atom stereocenters. The van der Waals surface area contributed by atoms with Gasteiger partial charge >= 0.3 is 0 Å². The maximum atomic E-state index is 10.1. The minimum Gasteiger partial charge on any atom is -0.504 e. The Kier molecular flexibility index (Phi) is 3.68. The Hall–Kier alpha value is -2.04. The molecule has 1 aromatic carbocycles. The highest BCUT2D eigenvalue weighted by Crippen LogP contribution is 2.30. The van der Waals surface area contributed by atoms with Crippen LogP contribution in [0.5, 0.6) is 11.5 Å². The highest BCUT2D eigenvalue weighted by Gasteiger charge is 2.05. The van der Waals surface area contributed by atoms with Crippen LogP contribution in [0.3, 0.4) is 0 Å². The van der Waals surface area contributed by atoms with Crippen molar-refractivity contribution in [3.63, 3.8) is 0 Å². The van der Waals surface area contributed by atoms with Crippen LogP contribution < -0.4 is 4.74 Å². The molecule has 0 bridgehead atoms. The van der Waals surface area contributed by atoms with Crippen LogP contribution in [0.25, 0.3) is 6.08 Å². The van der Waals surface area contributed by atoms with Crippen LogP contribution in [0.15, 0.2) is 24.4 Å². The molecule has 0 aliphatic carbocycles. The SMILES string of the molecule is CCOc1cccc(/C=C\[N+](=O)[O-])c1O.